The first-order valence-electron chi connectivity index (χ1n) is 6.72. The van der Waals surface area contributed by atoms with E-state index in [9.17, 15) is 4.79 Å². The number of nitrogens with one attached hydrogen (secondary N) is 2. The van der Waals surface area contributed by atoms with E-state index in [0.29, 0.717) is 0 Å². The van der Waals surface area contributed by atoms with Gasteiger partial charge in [0.25, 0.3) is 0 Å². The number of furan rings is 1. The molecule has 1 rings (SSSR count). The van der Waals surface area contributed by atoms with Gasteiger partial charge in [-0.15, -0.1) is 0 Å². The van der Waals surface area contributed by atoms with E-state index in [1.807, 2.05) is 26.0 Å². The van der Waals surface area contributed by atoms with Crippen molar-refractivity contribution in [3.05, 3.63) is 24.2 Å². The molecule has 0 aliphatic rings. The zero-order valence-electron chi connectivity index (χ0n) is 11.5. The molecule has 1 amide bonds. The first-order chi connectivity index (χ1) is 8.65. The first kappa shape index (κ1) is 14.8. The van der Waals surface area contributed by atoms with E-state index >= 15 is 0 Å². The van der Waals surface area contributed by atoms with Crippen LogP contribution in [-0.4, -0.2) is 18.5 Å². The normalized spacial score (nSPS) is 14.2. The highest BCUT2D eigenvalue weighted by atomic mass is 16.3. The summed E-state index contributed by atoms with van der Waals surface area (Å²) in [6, 6.07) is 3.58. The van der Waals surface area contributed by atoms with Crippen LogP contribution in [0.1, 0.15) is 51.8 Å². The molecule has 0 bridgehead atoms. The molecule has 0 saturated carbocycles. The molecule has 0 spiro atoms. The summed E-state index contributed by atoms with van der Waals surface area (Å²) in [5.74, 6) is 0.894. The van der Waals surface area contributed by atoms with Gasteiger partial charge in [-0.2, -0.15) is 0 Å². The fourth-order valence-corrected chi connectivity index (χ4v) is 1.81. The molecule has 1 heterocycles. The number of amides is 1. The van der Waals surface area contributed by atoms with Crippen molar-refractivity contribution >= 4 is 5.91 Å². The van der Waals surface area contributed by atoms with Crippen LogP contribution in [0.25, 0.3) is 0 Å². The lowest BCUT2D eigenvalue weighted by Crippen LogP contribution is -2.43. The van der Waals surface area contributed by atoms with Crippen LogP contribution in [-0.2, 0) is 4.79 Å². The van der Waals surface area contributed by atoms with Gasteiger partial charge in [0.2, 0.25) is 5.91 Å². The summed E-state index contributed by atoms with van der Waals surface area (Å²) in [5, 5.41) is 6.15. The van der Waals surface area contributed by atoms with Crippen molar-refractivity contribution in [1.82, 2.24) is 10.6 Å². The lowest BCUT2D eigenvalue weighted by Gasteiger charge is -2.18. The predicted octanol–water partition coefficient (Wildman–Crippen LogP) is 2.63. The molecule has 1 unspecified atom stereocenters. The topological polar surface area (TPSA) is 54.3 Å². The van der Waals surface area contributed by atoms with Gasteiger partial charge in [0.05, 0.1) is 18.3 Å². The Labute approximate surface area is 109 Å². The van der Waals surface area contributed by atoms with E-state index in [-0.39, 0.29) is 18.0 Å². The van der Waals surface area contributed by atoms with Gasteiger partial charge in [-0.25, -0.2) is 0 Å². The first-order valence-corrected chi connectivity index (χ1v) is 6.72. The van der Waals surface area contributed by atoms with Crippen molar-refractivity contribution in [2.45, 2.75) is 52.1 Å². The largest absolute Gasteiger partial charge is 0.468 e. The molecule has 0 aromatic carbocycles. The fraction of sp³-hybridized carbons (Fsp3) is 0.643. The Morgan fingerprint density at radius 3 is 2.78 bits per heavy atom. The van der Waals surface area contributed by atoms with Crippen LogP contribution in [0.2, 0.25) is 0 Å². The molecule has 18 heavy (non-hydrogen) atoms. The molecule has 2 N–H and O–H groups in total. The number of carbonyl (C=O) groups excluding carboxylic acids is 1. The number of hydrogen-bond acceptors (Lipinski definition) is 3. The van der Waals surface area contributed by atoms with E-state index in [1.165, 1.54) is 6.42 Å². The molecule has 0 aliphatic carbocycles. The Morgan fingerprint density at radius 2 is 2.17 bits per heavy atom. The van der Waals surface area contributed by atoms with Gasteiger partial charge in [-0.05, 0) is 32.4 Å². The maximum Gasteiger partial charge on any atom is 0.236 e. The van der Waals surface area contributed by atoms with E-state index in [0.717, 1.165) is 25.1 Å². The zero-order valence-corrected chi connectivity index (χ0v) is 11.5. The molecule has 1 aromatic rings. The molecule has 0 radical (unpaired) electrons. The summed E-state index contributed by atoms with van der Waals surface area (Å²) in [6.45, 7) is 6.76. The highest BCUT2D eigenvalue weighted by molar-refractivity contribution is 5.81. The maximum atomic E-state index is 11.8. The maximum absolute atomic E-state index is 11.8. The standard InChI is InChI=1S/C14H24N2O2/c1-4-5-6-9-15-14(17)12(3)16-11(2)13-8-7-10-18-13/h7-8,10-12,16H,4-6,9H2,1-3H3,(H,15,17)/t11-,12?/m0/s1. The Bertz CT molecular complexity index is 336. The third-order valence-electron chi connectivity index (χ3n) is 2.94. The number of hydrogen-bond donors (Lipinski definition) is 2. The molecular weight excluding hydrogens is 228 g/mol. The predicted molar refractivity (Wildman–Crippen MR) is 72.3 cm³/mol. The van der Waals surface area contributed by atoms with Crippen molar-refractivity contribution in [3.63, 3.8) is 0 Å². The van der Waals surface area contributed by atoms with Crippen LogP contribution in [0.5, 0.6) is 0 Å². The minimum absolute atomic E-state index is 0.0383. The van der Waals surface area contributed by atoms with Crippen LogP contribution in [0, 0.1) is 0 Å². The Balaban J connectivity index is 2.27. The highest BCUT2D eigenvalue weighted by Gasteiger charge is 2.16. The number of rotatable bonds is 8. The van der Waals surface area contributed by atoms with Gasteiger partial charge in [0.1, 0.15) is 5.76 Å². The van der Waals surface area contributed by atoms with Gasteiger partial charge in [0.15, 0.2) is 0 Å². The summed E-state index contributed by atoms with van der Waals surface area (Å²) < 4.78 is 5.29. The number of unbranched alkanes of at least 4 members (excludes halogenated alkanes) is 2. The van der Waals surface area contributed by atoms with Crippen LogP contribution in [0.3, 0.4) is 0 Å². The SMILES string of the molecule is CCCCCNC(=O)C(C)N[C@@H](C)c1ccco1. The van der Waals surface area contributed by atoms with Crippen molar-refractivity contribution in [3.8, 4) is 0 Å². The van der Waals surface area contributed by atoms with Gasteiger partial charge < -0.3 is 9.73 Å². The van der Waals surface area contributed by atoms with Crippen molar-refractivity contribution in [2.24, 2.45) is 0 Å². The molecule has 1 aromatic heterocycles. The minimum Gasteiger partial charge on any atom is -0.468 e. The zero-order chi connectivity index (χ0) is 13.4. The molecule has 102 valence electrons. The fourth-order valence-electron chi connectivity index (χ4n) is 1.81. The minimum atomic E-state index is -0.216. The van der Waals surface area contributed by atoms with Gasteiger partial charge in [0, 0.05) is 6.54 Å². The average Bonchev–Trinajstić information content (AvgIpc) is 2.88. The van der Waals surface area contributed by atoms with Crippen LogP contribution < -0.4 is 10.6 Å². The van der Waals surface area contributed by atoms with Crippen LogP contribution >= 0.6 is 0 Å². The molecule has 0 aliphatic heterocycles. The second kappa shape index (κ2) is 7.93. The summed E-state index contributed by atoms with van der Waals surface area (Å²) in [6.07, 6.45) is 5.01. The van der Waals surface area contributed by atoms with E-state index in [4.69, 9.17) is 4.42 Å². The summed E-state index contributed by atoms with van der Waals surface area (Å²) in [5.41, 5.74) is 0. The lowest BCUT2D eigenvalue weighted by molar-refractivity contribution is -0.122. The average molecular weight is 252 g/mol. The molecule has 0 saturated heterocycles. The van der Waals surface area contributed by atoms with E-state index < -0.39 is 0 Å². The van der Waals surface area contributed by atoms with Crippen molar-refractivity contribution in [2.75, 3.05) is 6.54 Å². The van der Waals surface area contributed by atoms with Gasteiger partial charge >= 0.3 is 0 Å². The van der Waals surface area contributed by atoms with Gasteiger partial charge in [-0.3, -0.25) is 10.1 Å². The number of carbonyl (C=O) groups is 1. The van der Waals surface area contributed by atoms with Gasteiger partial charge in [-0.1, -0.05) is 19.8 Å². The molecule has 4 heteroatoms. The van der Waals surface area contributed by atoms with E-state index in [2.05, 4.69) is 17.6 Å². The molecule has 2 atom stereocenters. The molecular formula is C14H24N2O2. The quantitative estimate of drug-likeness (QED) is 0.699. The Hall–Kier alpha value is -1.29. The summed E-state index contributed by atoms with van der Waals surface area (Å²) in [7, 11) is 0. The Morgan fingerprint density at radius 1 is 1.39 bits per heavy atom. The molecule has 0 fully saturated rings. The van der Waals surface area contributed by atoms with Crippen molar-refractivity contribution in [1.29, 1.82) is 0 Å². The smallest absolute Gasteiger partial charge is 0.236 e. The van der Waals surface area contributed by atoms with Crippen LogP contribution in [0.15, 0.2) is 22.8 Å². The van der Waals surface area contributed by atoms with Crippen molar-refractivity contribution < 1.29 is 9.21 Å². The highest BCUT2D eigenvalue weighted by Crippen LogP contribution is 2.12. The molecule has 4 nitrogen and oxygen atoms in total. The Kier molecular flexibility index (Phi) is 6.50. The lowest BCUT2D eigenvalue weighted by atomic mass is 10.2. The van der Waals surface area contributed by atoms with E-state index in [1.54, 1.807) is 6.26 Å². The second-order valence-corrected chi connectivity index (χ2v) is 4.62. The second-order valence-electron chi connectivity index (χ2n) is 4.62. The monoisotopic (exact) mass is 252 g/mol. The summed E-state index contributed by atoms with van der Waals surface area (Å²) in [4.78, 5) is 11.8. The third-order valence-corrected chi connectivity index (χ3v) is 2.94. The van der Waals surface area contributed by atoms with Crippen LogP contribution in [0.4, 0.5) is 0 Å². The summed E-state index contributed by atoms with van der Waals surface area (Å²) >= 11 is 0. The third kappa shape index (κ3) is 4.92.